The van der Waals surface area contributed by atoms with E-state index >= 15 is 0 Å². The van der Waals surface area contributed by atoms with Gasteiger partial charge in [0.2, 0.25) is 0 Å². The minimum absolute atomic E-state index is 0.707. The molecule has 1 aliphatic rings. The Morgan fingerprint density at radius 2 is 1.58 bits per heavy atom. The van der Waals surface area contributed by atoms with E-state index in [9.17, 15) is 0 Å². The molecule has 0 amide bonds. The van der Waals surface area contributed by atoms with Crippen molar-refractivity contribution in [2.75, 3.05) is 32.7 Å². The lowest BCUT2D eigenvalue weighted by Gasteiger charge is -2.29. The number of nitrogens with one attached hydrogen (secondary N) is 2. The lowest BCUT2D eigenvalue weighted by molar-refractivity contribution is -1.02. The maximum Gasteiger partial charge on any atom is 0.127 e. The van der Waals surface area contributed by atoms with Gasteiger partial charge in [-0.3, -0.25) is 0 Å². The maximum atomic E-state index is 6.29. The van der Waals surface area contributed by atoms with E-state index in [1.165, 1.54) is 37.3 Å². The molecule has 0 aromatic heterocycles. The van der Waals surface area contributed by atoms with Gasteiger partial charge in [0.1, 0.15) is 32.7 Å². The summed E-state index contributed by atoms with van der Waals surface area (Å²) in [6.07, 6.45) is 4.52. The molecule has 24 heavy (non-hydrogen) atoms. The van der Waals surface area contributed by atoms with Gasteiger partial charge in [0.05, 0.1) is 11.6 Å². The first-order valence-corrected chi connectivity index (χ1v) is 9.29. The number of hydrogen-bond donors (Lipinski definition) is 2. The molecule has 3 rings (SSSR count). The SMILES string of the molecule is Clc1ccc(C[NH+]2CC[NH+](C/C=C/c3ccccc3)CC2)c(Cl)c1. The third kappa shape index (κ3) is 5.09. The summed E-state index contributed by atoms with van der Waals surface area (Å²) in [6, 6.07) is 16.3. The summed E-state index contributed by atoms with van der Waals surface area (Å²) < 4.78 is 0. The van der Waals surface area contributed by atoms with Crippen LogP contribution in [-0.4, -0.2) is 32.7 Å². The van der Waals surface area contributed by atoms with Gasteiger partial charge in [0.25, 0.3) is 0 Å². The topological polar surface area (TPSA) is 8.88 Å². The van der Waals surface area contributed by atoms with Crippen molar-refractivity contribution in [2.24, 2.45) is 0 Å². The largest absolute Gasteiger partial charge is 0.322 e. The molecule has 4 heteroatoms. The van der Waals surface area contributed by atoms with Crippen molar-refractivity contribution < 1.29 is 9.80 Å². The molecule has 126 valence electrons. The predicted molar refractivity (Wildman–Crippen MR) is 102 cm³/mol. The molecule has 2 aromatic rings. The summed E-state index contributed by atoms with van der Waals surface area (Å²) in [5, 5.41) is 1.49. The van der Waals surface area contributed by atoms with Gasteiger partial charge < -0.3 is 9.80 Å². The molecular weight excluding hydrogens is 339 g/mol. The highest BCUT2D eigenvalue weighted by molar-refractivity contribution is 6.35. The Balaban J connectivity index is 1.45. The second-order valence-corrected chi connectivity index (χ2v) is 7.27. The molecular formula is C20H24Cl2N2+2. The van der Waals surface area contributed by atoms with Gasteiger partial charge in [-0.25, -0.2) is 0 Å². The highest BCUT2D eigenvalue weighted by atomic mass is 35.5. The summed E-state index contributed by atoms with van der Waals surface area (Å²) in [5.41, 5.74) is 2.47. The summed E-state index contributed by atoms with van der Waals surface area (Å²) in [4.78, 5) is 3.27. The van der Waals surface area contributed by atoms with Crippen LogP contribution in [-0.2, 0) is 6.54 Å². The molecule has 0 bridgehead atoms. The van der Waals surface area contributed by atoms with E-state index < -0.39 is 0 Å². The molecule has 2 nitrogen and oxygen atoms in total. The van der Waals surface area contributed by atoms with E-state index in [0.717, 1.165) is 18.1 Å². The minimum Gasteiger partial charge on any atom is -0.322 e. The van der Waals surface area contributed by atoms with E-state index in [0.29, 0.717) is 5.02 Å². The van der Waals surface area contributed by atoms with Crippen LogP contribution in [0.1, 0.15) is 11.1 Å². The smallest absolute Gasteiger partial charge is 0.127 e. The second kappa shape index (κ2) is 8.68. The molecule has 1 fully saturated rings. The molecule has 1 heterocycles. The molecule has 2 N–H and O–H groups in total. The van der Waals surface area contributed by atoms with E-state index in [4.69, 9.17) is 23.2 Å². The number of quaternary nitrogens is 2. The van der Waals surface area contributed by atoms with Crippen LogP contribution in [0.3, 0.4) is 0 Å². The van der Waals surface area contributed by atoms with E-state index in [2.05, 4.69) is 48.6 Å². The second-order valence-electron chi connectivity index (χ2n) is 6.43. The zero-order valence-corrected chi connectivity index (χ0v) is 15.3. The van der Waals surface area contributed by atoms with Crippen molar-refractivity contribution in [3.63, 3.8) is 0 Å². The quantitative estimate of drug-likeness (QED) is 0.804. The first-order valence-electron chi connectivity index (χ1n) is 8.53. The minimum atomic E-state index is 0.707. The Labute approximate surface area is 154 Å². The molecule has 2 aromatic carbocycles. The lowest BCUT2D eigenvalue weighted by Crippen LogP contribution is -3.27. The summed E-state index contributed by atoms with van der Waals surface area (Å²) in [6.45, 7) is 6.88. The lowest BCUT2D eigenvalue weighted by atomic mass is 10.2. The third-order valence-electron chi connectivity index (χ3n) is 4.64. The van der Waals surface area contributed by atoms with E-state index in [1.54, 1.807) is 9.80 Å². The summed E-state index contributed by atoms with van der Waals surface area (Å²) in [7, 11) is 0. The van der Waals surface area contributed by atoms with Crippen LogP contribution in [0.2, 0.25) is 10.0 Å². The normalized spacial score (nSPS) is 21.2. The number of rotatable bonds is 5. The van der Waals surface area contributed by atoms with Gasteiger partial charge in [0.15, 0.2) is 0 Å². The summed E-state index contributed by atoms with van der Waals surface area (Å²) >= 11 is 12.3. The standard InChI is InChI=1S/C20H22Cl2N2/c21-19-9-8-18(20(22)15-19)16-24-13-11-23(12-14-24)10-4-7-17-5-2-1-3-6-17/h1-9,15H,10-14,16H2/p+2/b7-4+. The van der Waals surface area contributed by atoms with Crippen LogP contribution in [0.4, 0.5) is 0 Å². The van der Waals surface area contributed by atoms with Crippen LogP contribution in [0, 0.1) is 0 Å². The van der Waals surface area contributed by atoms with Crippen LogP contribution in [0.5, 0.6) is 0 Å². The van der Waals surface area contributed by atoms with Gasteiger partial charge in [-0.2, -0.15) is 0 Å². The zero-order valence-electron chi connectivity index (χ0n) is 13.8. The predicted octanol–water partition coefficient (Wildman–Crippen LogP) is 1.99. The fourth-order valence-electron chi connectivity index (χ4n) is 3.20. The number of benzene rings is 2. The number of halogens is 2. The molecule has 1 saturated heterocycles. The first kappa shape index (κ1) is 17.5. The molecule has 0 radical (unpaired) electrons. The Kier molecular flexibility index (Phi) is 6.33. The highest BCUT2D eigenvalue weighted by Crippen LogP contribution is 2.20. The van der Waals surface area contributed by atoms with Crippen molar-refractivity contribution in [1.29, 1.82) is 0 Å². The Bertz CT molecular complexity index is 677. The van der Waals surface area contributed by atoms with Crippen molar-refractivity contribution >= 4 is 29.3 Å². The average molecular weight is 363 g/mol. The van der Waals surface area contributed by atoms with E-state index in [-0.39, 0.29) is 0 Å². The van der Waals surface area contributed by atoms with Crippen molar-refractivity contribution in [2.45, 2.75) is 6.54 Å². The number of hydrogen-bond acceptors (Lipinski definition) is 0. The fourth-order valence-corrected chi connectivity index (χ4v) is 3.67. The average Bonchev–Trinajstić information content (AvgIpc) is 2.60. The van der Waals surface area contributed by atoms with Gasteiger partial charge in [-0.15, -0.1) is 0 Å². The zero-order chi connectivity index (χ0) is 16.8. The number of piperazine rings is 1. The van der Waals surface area contributed by atoms with Gasteiger partial charge >= 0.3 is 0 Å². The van der Waals surface area contributed by atoms with Crippen LogP contribution in [0.25, 0.3) is 6.08 Å². The molecule has 0 saturated carbocycles. The van der Waals surface area contributed by atoms with Crippen molar-refractivity contribution in [3.8, 4) is 0 Å². The molecule has 0 aliphatic carbocycles. The Morgan fingerprint density at radius 3 is 2.29 bits per heavy atom. The fraction of sp³-hybridized carbons (Fsp3) is 0.300. The molecule has 1 aliphatic heterocycles. The molecule has 0 spiro atoms. The van der Waals surface area contributed by atoms with Gasteiger partial charge in [-0.05, 0) is 23.8 Å². The van der Waals surface area contributed by atoms with Crippen molar-refractivity contribution in [1.82, 2.24) is 0 Å². The summed E-state index contributed by atoms with van der Waals surface area (Å²) in [5.74, 6) is 0. The maximum absolute atomic E-state index is 6.29. The Morgan fingerprint density at radius 1 is 0.875 bits per heavy atom. The highest BCUT2D eigenvalue weighted by Gasteiger charge is 2.22. The van der Waals surface area contributed by atoms with Crippen LogP contribution >= 0.6 is 23.2 Å². The molecule has 0 atom stereocenters. The Hall–Kier alpha value is -1.32. The van der Waals surface area contributed by atoms with Gasteiger partial charge in [0, 0.05) is 10.6 Å². The first-order chi connectivity index (χ1) is 11.7. The molecule has 0 unspecified atom stereocenters. The van der Waals surface area contributed by atoms with Crippen LogP contribution in [0.15, 0.2) is 54.6 Å². The van der Waals surface area contributed by atoms with Crippen molar-refractivity contribution in [3.05, 3.63) is 75.8 Å². The monoisotopic (exact) mass is 362 g/mol. The van der Waals surface area contributed by atoms with E-state index in [1.807, 2.05) is 12.1 Å². The van der Waals surface area contributed by atoms with Crippen LogP contribution < -0.4 is 9.80 Å². The van der Waals surface area contributed by atoms with Gasteiger partial charge in [-0.1, -0.05) is 65.7 Å². The third-order valence-corrected chi connectivity index (χ3v) is 5.22.